The van der Waals surface area contributed by atoms with E-state index in [2.05, 4.69) is 20.9 Å². The van der Waals surface area contributed by atoms with Gasteiger partial charge in [-0.3, -0.25) is 19.3 Å². The molecule has 0 saturated carbocycles. The van der Waals surface area contributed by atoms with Gasteiger partial charge in [0.25, 0.3) is 5.91 Å². The van der Waals surface area contributed by atoms with E-state index in [0.717, 1.165) is 12.1 Å². The Balaban J connectivity index is 1.30. The van der Waals surface area contributed by atoms with Crippen LogP contribution in [-0.2, 0) is 11.3 Å². The molecule has 9 heteroatoms. The number of aromatic nitrogens is 3. The van der Waals surface area contributed by atoms with Crippen LogP contribution in [-0.4, -0.2) is 68.6 Å². The maximum absolute atomic E-state index is 12.9. The summed E-state index contributed by atoms with van der Waals surface area (Å²) in [5.74, 6) is 0.00382. The molecule has 2 aliphatic rings. The minimum atomic E-state index is -0.263. The summed E-state index contributed by atoms with van der Waals surface area (Å²) in [4.78, 5) is 33.1. The average Bonchev–Trinajstić information content (AvgIpc) is 3.43. The molecule has 4 rings (SSSR count). The Labute approximate surface area is 163 Å². The molecule has 2 unspecified atom stereocenters. The van der Waals surface area contributed by atoms with Crippen molar-refractivity contribution < 1.29 is 9.59 Å². The van der Waals surface area contributed by atoms with Gasteiger partial charge in [0.1, 0.15) is 11.7 Å². The number of carbonyl (C=O) groups excluding carboxylic acids is 2. The first-order chi connectivity index (χ1) is 13.7. The van der Waals surface area contributed by atoms with Gasteiger partial charge in [0.15, 0.2) is 0 Å². The lowest BCUT2D eigenvalue weighted by atomic mass is 10.0. The summed E-state index contributed by atoms with van der Waals surface area (Å²) >= 11 is 0. The molecule has 2 amide bonds. The standard InChI is InChI=1S/C19H25N7O2/c1-2-26-8-5-15(23-26)18(27)24-9-11-25(12-10-24)19(28)17-13-16(21-22-17)14-3-6-20-7-4-14/h3-8,16-17,21-22H,2,9-13H2,1H3. The molecule has 0 aliphatic carbocycles. The predicted octanol–water partition coefficient (Wildman–Crippen LogP) is 0.190. The smallest absolute Gasteiger partial charge is 0.274 e. The molecule has 0 bridgehead atoms. The zero-order valence-corrected chi connectivity index (χ0v) is 15.9. The van der Waals surface area contributed by atoms with E-state index in [1.165, 1.54) is 0 Å². The van der Waals surface area contributed by atoms with Crippen molar-refractivity contribution in [2.45, 2.75) is 32.0 Å². The Bertz CT molecular complexity index is 830. The van der Waals surface area contributed by atoms with E-state index < -0.39 is 0 Å². The first-order valence-corrected chi connectivity index (χ1v) is 9.68. The monoisotopic (exact) mass is 383 g/mol. The maximum Gasteiger partial charge on any atom is 0.274 e. The highest BCUT2D eigenvalue weighted by Gasteiger charge is 2.34. The molecular weight excluding hydrogens is 358 g/mol. The Morgan fingerprint density at radius 1 is 1.07 bits per heavy atom. The third kappa shape index (κ3) is 3.76. The molecule has 28 heavy (non-hydrogen) atoms. The van der Waals surface area contributed by atoms with E-state index in [0.29, 0.717) is 38.3 Å². The van der Waals surface area contributed by atoms with Crippen molar-refractivity contribution in [2.75, 3.05) is 26.2 Å². The van der Waals surface area contributed by atoms with Crippen LogP contribution in [0.4, 0.5) is 0 Å². The van der Waals surface area contributed by atoms with Gasteiger partial charge in [-0.15, -0.1) is 0 Å². The van der Waals surface area contributed by atoms with Gasteiger partial charge in [0, 0.05) is 57.4 Å². The minimum Gasteiger partial charge on any atom is -0.338 e. The highest BCUT2D eigenvalue weighted by atomic mass is 16.2. The normalized spacial score (nSPS) is 22.5. The summed E-state index contributed by atoms with van der Waals surface area (Å²) in [7, 11) is 0. The zero-order chi connectivity index (χ0) is 19.5. The number of aryl methyl sites for hydroxylation is 1. The largest absolute Gasteiger partial charge is 0.338 e. The Morgan fingerprint density at radius 2 is 1.79 bits per heavy atom. The Kier molecular flexibility index (Phi) is 5.36. The van der Waals surface area contributed by atoms with E-state index in [9.17, 15) is 9.59 Å². The lowest BCUT2D eigenvalue weighted by Crippen LogP contribution is -2.54. The molecule has 0 radical (unpaired) electrons. The Hall–Kier alpha value is -2.78. The molecule has 2 saturated heterocycles. The summed E-state index contributed by atoms with van der Waals surface area (Å²) in [6, 6.07) is 5.48. The number of hydrazine groups is 1. The van der Waals surface area contributed by atoms with E-state index in [1.54, 1.807) is 28.0 Å². The van der Waals surface area contributed by atoms with Gasteiger partial charge >= 0.3 is 0 Å². The van der Waals surface area contributed by atoms with Crippen LogP contribution in [0.2, 0.25) is 0 Å². The third-order valence-electron chi connectivity index (χ3n) is 5.37. The van der Waals surface area contributed by atoms with E-state index in [-0.39, 0.29) is 23.9 Å². The summed E-state index contributed by atoms with van der Waals surface area (Å²) in [6.07, 6.45) is 6.01. The molecule has 0 spiro atoms. The van der Waals surface area contributed by atoms with Crippen LogP contribution < -0.4 is 10.9 Å². The first-order valence-electron chi connectivity index (χ1n) is 9.68. The number of nitrogens with zero attached hydrogens (tertiary/aromatic N) is 5. The second kappa shape index (κ2) is 8.07. The van der Waals surface area contributed by atoms with Crippen LogP contribution in [0.15, 0.2) is 36.8 Å². The van der Waals surface area contributed by atoms with Crippen LogP contribution in [0.3, 0.4) is 0 Å². The van der Waals surface area contributed by atoms with Crippen molar-refractivity contribution in [1.82, 2.24) is 35.4 Å². The number of amides is 2. The van der Waals surface area contributed by atoms with Gasteiger partial charge in [-0.1, -0.05) is 0 Å². The van der Waals surface area contributed by atoms with Gasteiger partial charge < -0.3 is 9.80 Å². The third-order valence-corrected chi connectivity index (χ3v) is 5.37. The molecule has 2 N–H and O–H groups in total. The average molecular weight is 383 g/mol. The van der Waals surface area contributed by atoms with Crippen LogP contribution in [0.25, 0.3) is 0 Å². The summed E-state index contributed by atoms with van der Waals surface area (Å²) in [6.45, 7) is 4.85. The summed E-state index contributed by atoms with van der Waals surface area (Å²) < 4.78 is 1.74. The highest BCUT2D eigenvalue weighted by molar-refractivity contribution is 5.92. The number of hydrogen-bond donors (Lipinski definition) is 2. The van der Waals surface area contributed by atoms with Gasteiger partial charge in [-0.2, -0.15) is 5.10 Å². The fourth-order valence-corrected chi connectivity index (χ4v) is 3.70. The summed E-state index contributed by atoms with van der Waals surface area (Å²) in [5, 5.41) is 4.28. The van der Waals surface area contributed by atoms with Crippen molar-refractivity contribution in [3.8, 4) is 0 Å². The van der Waals surface area contributed by atoms with Crippen molar-refractivity contribution >= 4 is 11.8 Å². The molecular formula is C19H25N7O2. The quantitative estimate of drug-likeness (QED) is 0.783. The van der Waals surface area contributed by atoms with Crippen molar-refractivity contribution in [3.63, 3.8) is 0 Å². The maximum atomic E-state index is 12.9. The van der Waals surface area contributed by atoms with Crippen molar-refractivity contribution in [3.05, 3.63) is 48.0 Å². The molecule has 148 valence electrons. The predicted molar refractivity (Wildman–Crippen MR) is 102 cm³/mol. The molecule has 4 heterocycles. The second-order valence-corrected chi connectivity index (χ2v) is 7.08. The number of hydrogen-bond acceptors (Lipinski definition) is 6. The number of carbonyl (C=O) groups is 2. The van der Waals surface area contributed by atoms with Gasteiger partial charge in [0.05, 0.1) is 0 Å². The lowest BCUT2D eigenvalue weighted by Gasteiger charge is -2.35. The fourth-order valence-electron chi connectivity index (χ4n) is 3.70. The van der Waals surface area contributed by atoms with Gasteiger partial charge in [0.2, 0.25) is 5.91 Å². The molecule has 2 atom stereocenters. The van der Waals surface area contributed by atoms with Crippen molar-refractivity contribution in [1.29, 1.82) is 0 Å². The summed E-state index contributed by atoms with van der Waals surface area (Å²) in [5.41, 5.74) is 7.89. The molecule has 2 fully saturated rings. The number of rotatable bonds is 4. The number of nitrogens with one attached hydrogen (secondary N) is 2. The topological polar surface area (TPSA) is 95.4 Å². The molecule has 2 aromatic rings. The highest BCUT2D eigenvalue weighted by Crippen LogP contribution is 2.22. The Morgan fingerprint density at radius 3 is 2.46 bits per heavy atom. The molecule has 9 nitrogen and oxygen atoms in total. The van der Waals surface area contributed by atoms with Crippen LogP contribution >= 0.6 is 0 Å². The van der Waals surface area contributed by atoms with E-state index in [4.69, 9.17) is 0 Å². The minimum absolute atomic E-state index is 0.0716. The fraction of sp³-hybridized carbons (Fsp3) is 0.474. The lowest BCUT2D eigenvalue weighted by molar-refractivity contribution is -0.134. The SMILES string of the molecule is CCn1ccc(C(=O)N2CCN(C(=O)C3CC(c4ccncc4)NN3)CC2)n1. The van der Waals surface area contributed by atoms with Crippen LogP contribution in [0, 0.1) is 0 Å². The molecule has 2 aromatic heterocycles. The molecule has 2 aliphatic heterocycles. The number of piperazine rings is 1. The van der Waals surface area contributed by atoms with Crippen LogP contribution in [0.1, 0.15) is 35.4 Å². The van der Waals surface area contributed by atoms with E-state index in [1.807, 2.05) is 30.2 Å². The first kappa shape index (κ1) is 18.6. The molecule has 0 aromatic carbocycles. The van der Waals surface area contributed by atoms with Gasteiger partial charge in [-0.05, 0) is 37.1 Å². The zero-order valence-electron chi connectivity index (χ0n) is 15.9. The second-order valence-electron chi connectivity index (χ2n) is 7.08. The van der Waals surface area contributed by atoms with E-state index >= 15 is 0 Å². The van der Waals surface area contributed by atoms with Crippen LogP contribution in [0.5, 0.6) is 0 Å². The van der Waals surface area contributed by atoms with Gasteiger partial charge in [-0.25, -0.2) is 10.9 Å². The van der Waals surface area contributed by atoms with Crippen molar-refractivity contribution in [2.24, 2.45) is 0 Å². The number of pyridine rings is 1.